The first-order chi connectivity index (χ1) is 11.1. The minimum Gasteiger partial charge on any atom is -0.400 e. The van der Waals surface area contributed by atoms with Gasteiger partial charge in [-0.3, -0.25) is 14.9 Å². The number of hydrogen-bond acceptors (Lipinski definition) is 7. The molecule has 1 N–H and O–H groups in total. The lowest BCUT2D eigenvalue weighted by Gasteiger charge is -2.00. The second-order valence-corrected chi connectivity index (χ2v) is 4.46. The second-order valence-electron chi connectivity index (χ2n) is 4.46. The SMILES string of the molecule is O=C(Cn1nnc2ccccc21)N/N=C/c1ccc([N+](=O)[O-])o1. The summed E-state index contributed by atoms with van der Waals surface area (Å²) in [5, 5.41) is 22.0. The van der Waals surface area contributed by atoms with Crippen LogP contribution in [0, 0.1) is 10.1 Å². The van der Waals surface area contributed by atoms with Gasteiger partial charge in [0.05, 0.1) is 17.8 Å². The van der Waals surface area contributed by atoms with Crippen molar-refractivity contribution >= 4 is 29.0 Å². The molecule has 10 heteroatoms. The summed E-state index contributed by atoms with van der Waals surface area (Å²) < 4.78 is 6.31. The summed E-state index contributed by atoms with van der Waals surface area (Å²) in [5.41, 5.74) is 3.70. The van der Waals surface area contributed by atoms with Gasteiger partial charge in [-0.25, -0.2) is 10.1 Å². The Labute approximate surface area is 128 Å². The Bertz CT molecular complexity index is 897. The molecule has 2 heterocycles. The molecule has 0 aliphatic carbocycles. The van der Waals surface area contributed by atoms with Crippen LogP contribution >= 0.6 is 0 Å². The molecule has 0 aliphatic heterocycles. The van der Waals surface area contributed by atoms with Crippen LogP contribution in [-0.4, -0.2) is 32.0 Å². The highest BCUT2D eigenvalue weighted by molar-refractivity contribution is 5.82. The average molecular weight is 314 g/mol. The van der Waals surface area contributed by atoms with E-state index in [4.69, 9.17) is 4.42 Å². The van der Waals surface area contributed by atoms with Crippen molar-refractivity contribution in [2.24, 2.45) is 5.10 Å². The molecule has 23 heavy (non-hydrogen) atoms. The van der Waals surface area contributed by atoms with E-state index in [1.807, 2.05) is 12.1 Å². The van der Waals surface area contributed by atoms with Gasteiger partial charge in [-0.1, -0.05) is 17.3 Å². The van der Waals surface area contributed by atoms with E-state index < -0.39 is 16.7 Å². The zero-order valence-electron chi connectivity index (χ0n) is 11.6. The molecule has 0 spiro atoms. The highest BCUT2D eigenvalue weighted by Gasteiger charge is 2.11. The summed E-state index contributed by atoms with van der Waals surface area (Å²) in [7, 11) is 0. The Morgan fingerprint density at radius 2 is 2.22 bits per heavy atom. The summed E-state index contributed by atoms with van der Waals surface area (Å²) in [5.74, 6) is -0.659. The van der Waals surface area contributed by atoms with Crippen molar-refractivity contribution in [1.29, 1.82) is 0 Å². The molecule has 2 aromatic heterocycles. The fourth-order valence-electron chi connectivity index (χ4n) is 1.88. The molecule has 1 amide bonds. The molecule has 1 aromatic carbocycles. The van der Waals surface area contributed by atoms with Gasteiger partial charge in [0.25, 0.3) is 5.91 Å². The first kappa shape index (κ1) is 14.4. The van der Waals surface area contributed by atoms with E-state index in [0.29, 0.717) is 5.52 Å². The molecule has 0 saturated heterocycles. The van der Waals surface area contributed by atoms with Crippen LogP contribution in [-0.2, 0) is 11.3 Å². The number of nitro groups is 1. The minimum absolute atomic E-state index is 0.0594. The van der Waals surface area contributed by atoms with Crippen LogP contribution in [0.25, 0.3) is 11.0 Å². The van der Waals surface area contributed by atoms with Gasteiger partial charge in [-0.15, -0.1) is 5.10 Å². The molecule has 0 aliphatic rings. The topological polar surface area (TPSA) is 128 Å². The molecule has 3 aromatic rings. The number of benzene rings is 1. The quantitative estimate of drug-likeness (QED) is 0.426. The van der Waals surface area contributed by atoms with E-state index in [1.165, 1.54) is 23.0 Å². The number of carbonyl (C=O) groups excluding carboxylic acids is 1. The van der Waals surface area contributed by atoms with E-state index in [9.17, 15) is 14.9 Å². The van der Waals surface area contributed by atoms with Crippen molar-refractivity contribution in [3.8, 4) is 0 Å². The number of hydrazone groups is 1. The van der Waals surface area contributed by atoms with Crippen LogP contribution < -0.4 is 5.43 Å². The number of nitrogens with zero attached hydrogens (tertiary/aromatic N) is 5. The van der Waals surface area contributed by atoms with Crippen molar-refractivity contribution in [1.82, 2.24) is 20.4 Å². The van der Waals surface area contributed by atoms with Gasteiger partial charge in [0.1, 0.15) is 17.0 Å². The van der Waals surface area contributed by atoms with E-state index in [0.717, 1.165) is 5.52 Å². The number of amides is 1. The third-order valence-corrected chi connectivity index (χ3v) is 2.89. The number of aromatic nitrogens is 3. The van der Waals surface area contributed by atoms with Gasteiger partial charge < -0.3 is 4.42 Å². The minimum atomic E-state index is -0.661. The van der Waals surface area contributed by atoms with Gasteiger partial charge in [-0.2, -0.15) is 5.10 Å². The summed E-state index contributed by atoms with van der Waals surface area (Å²) in [6, 6.07) is 9.81. The third-order valence-electron chi connectivity index (χ3n) is 2.89. The molecule has 116 valence electrons. The molecule has 0 radical (unpaired) electrons. The maximum Gasteiger partial charge on any atom is 0.433 e. The molecule has 0 bridgehead atoms. The summed E-state index contributed by atoms with van der Waals surface area (Å²) in [6.45, 7) is -0.0594. The van der Waals surface area contributed by atoms with Crippen LogP contribution in [0.4, 0.5) is 5.88 Å². The van der Waals surface area contributed by atoms with Gasteiger partial charge in [0, 0.05) is 0 Å². The molecular formula is C13H10N6O4. The number of carbonyl (C=O) groups is 1. The van der Waals surface area contributed by atoms with Gasteiger partial charge in [0.15, 0.2) is 5.76 Å². The lowest BCUT2D eigenvalue weighted by atomic mass is 10.3. The Morgan fingerprint density at radius 1 is 1.39 bits per heavy atom. The Balaban J connectivity index is 1.61. The molecule has 0 fully saturated rings. The van der Waals surface area contributed by atoms with Gasteiger partial charge in [0.2, 0.25) is 0 Å². The van der Waals surface area contributed by atoms with Gasteiger partial charge in [-0.05, 0) is 18.2 Å². The highest BCUT2D eigenvalue weighted by atomic mass is 16.6. The van der Waals surface area contributed by atoms with E-state index in [-0.39, 0.29) is 12.3 Å². The number of para-hydroxylation sites is 1. The normalized spacial score (nSPS) is 11.1. The predicted molar refractivity (Wildman–Crippen MR) is 78.6 cm³/mol. The van der Waals surface area contributed by atoms with Crippen molar-refractivity contribution in [2.75, 3.05) is 0 Å². The number of rotatable bonds is 5. The van der Waals surface area contributed by atoms with Crippen LogP contribution in [0.2, 0.25) is 0 Å². The number of hydrogen-bond donors (Lipinski definition) is 1. The summed E-state index contributed by atoms with van der Waals surface area (Å²) in [4.78, 5) is 21.6. The fourth-order valence-corrected chi connectivity index (χ4v) is 1.88. The number of nitrogens with one attached hydrogen (secondary N) is 1. The Morgan fingerprint density at radius 3 is 3.00 bits per heavy atom. The van der Waals surface area contributed by atoms with Crippen molar-refractivity contribution in [2.45, 2.75) is 6.54 Å². The maximum absolute atomic E-state index is 11.8. The van der Waals surface area contributed by atoms with Crippen molar-refractivity contribution in [3.63, 3.8) is 0 Å². The molecule has 0 atom stereocenters. The first-order valence-corrected chi connectivity index (χ1v) is 6.48. The number of fused-ring (bicyclic) bond motifs is 1. The molecule has 0 unspecified atom stereocenters. The summed E-state index contributed by atoms with van der Waals surface area (Å²) in [6.07, 6.45) is 1.17. The number of furan rings is 1. The maximum atomic E-state index is 11.8. The fraction of sp³-hybridized carbons (Fsp3) is 0.0769. The summed E-state index contributed by atoms with van der Waals surface area (Å²) >= 11 is 0. The zero-order chi connectivity index (χ0) is 16.2. The van der Waals surface area contributed by atoms with Gasteiger partial charge >= 0.3 is 5.88 Å². The molecule has 10 nitrogen and oxygen atoms in total. The standard InChI is InChI=1S/C13H10N6O4/c20-12(8-18-11-4-2-1-3-10(11)15-17-18)16-14-7-9-5-6-13(23-9)19(21)22/h1-7H,8H2,(H,16,20)/b14-7+. The van der Waals surface area contributed by atoms with Crippen LogP contribution in [0.1, 0.15) is 5.76 Å². The Hall–Kier alpha value is -3.56. The van der Waals surface area contributed by atoms with Crippen LogP contribution in [0.15, 0.2) is 45.9 Å². The zero-order valence-corrected chi connectivity index (χ0v) is 11.6. The Kier molecular flexibility index (Phi) is 3.78. The first-order valence-electron chi connectivity index (χ1n) is 6.48. The highest BCUT2D eigenvalue weighted by Crippen LogP contribution is 2.13. The molecule has 0 saturated carbocycles. The van der Waals surface area contributed by atoms with Crippen molar-refractivity contribution < 1.29 is 14.1 Å². The molecular weight excluding hydrogens is 304 g/mol. The predicted octanol–water partition coefficient (Wildman–Crippen LogP) is 1.08. The van der Waals surface area contributed by atoms with Crippen molar-refractivity contribution in [3.05, 3.63) is 52.3 Å². The third kappa shape index (κ3) is 3.20. The van der Waals surface area contributed by atoms with E-state index in [1.54, 1.807) is 12.1 Å². The largest absolute Gasteiger partial charge is 0.433 e. The van der Waals surface area contributed by atoms with E-state index in [2.05, 4.69) is 20.8 Å². The smallest absolute Gasteiger partial charge is 0.400 e. The second kappa shape index (κ2) is 6.05. The van der Waals surface area contributed by atoms with Crippen LogP contribution in [0.3, 0.4) is 0 Å². The van der Waals surface area contributed by atoms with E-state index >= 15 is 0 Å². The molecule has 3 rings (SSSR count). The lowest BCUT2D eigenvalue weighted by molar-refractivity contribution is -0.402. The van der Waals surface area contributed by atoms with Crippen LogP contribution in [0.5, 0.6) is 0 Å². The lowest BCUT2D eigenvalue weighted by Crippen LogP contribution is -2.23. The monoisotopic (exact) mass is 314 g/mol. The average Bonchev–Trinajstić information content (AvgIpc) is 3.15.